The third-order valence-corrected chi connectivity index (χ3v) is 4.61. The Bertz CT molecular complexity index is 965. The normalized spacial score (nSPS) is 21.0. The Labute approximate surface area is 156 Å². The predicted molar refractivity (Wildman–Crippen MR) is 89.5 cm³/mol. The van der Waals surface area contributed by atoms with Crippen LogP contribution in [0.3, 0.4) is 0 Å². The second-order valence-electron chi connectivity index (χ2n) is 6.28. The van der Waals surface area contributed by atoms with Crippen LogP contribution < -0.4 is 11.5 Å². The van der Waals surface area contributed by atoms with E-state index in [1.165, 1.54) is 18.3 Å². The molecule has 28 heavy (non-hydrogen) atoms. The van der Waals surface area contributed by atoms with E-state index in [4.69, 9.17) is 11.5 Å². The van der Waals surface area contributed by atoms with Crippen LogP contribution in [-0.2, 0) is 14.3 Å². The molecule has 1 aliphatic rings. The molecular formula is C17H15F3N4O4. The van der Waals surface area contributed by atoms with Crippen LogP contribution in [0.2, 0.25) is 0 Å². The molecule has 1 aromatic heterocycles. The zero-order valence-corrected chi connectivity index (χ0v) is 14.3. The SMILES string of the molecule is NC(=O)N1CC[C@](OC(=O)C(F)(F)F)(C(N)c2ccc3ccncc3c2)C1=O. The standard InChI is InChI=1S/C17H15F3N4O4/c18-17(19,20)14(26)28-16(4-6-24(13(16)25)15(22)27)12(21)10-2-1-9-3-5-23-8-11(9)7-10/h1-3,5,7-8,12H,4,6,21H2,(H2,22,27)/t12?,16-/m0/s1. The van der Waals surface area contributed by atoms with Gasteiger partial charge in [0.05, 0.1) is 6.04 Å². The summed E-state index contributed by atoms with van der Waals surface area (Å²) >= 11 is 0. The van der Waals surface area contributed by atoms with Gasteiger partial charge < -0.3 is 16.2 Å². The number of hydrogen-bond donors (Lipinski definition) is 2. The number of aromatic nitrogens is 1. The van der Waals surface area contributed by atoms with Crippen molar-refractivity contribution < 1.29 is 32.3 Å². The molecule has 0 radical (unpaired) electrons. The minimum absolute atomic E-state index is 0.232. The quantitative estimate of drug-likeness (QED) is 0.755. The highest BCUT2D eigenvalue weighted by Gasteiger charge is 2.59. The van der Waals surface area contributed by atoms with Gasteiger partial charge in [0.25, 0.3) is 5.91 Å². The summed E-state index contributed by atoms with van der Waals surface area (Å²) < 4.78 is 42.9. The van der Waals surface area contributed by atoms with Crippen molar-refractivity contribution in [2.75, 3.05) is 6.54 Å². The Morgan fingerprint density at radius 1 is 1.25 bits per heavy atom. The number of likely N-dealkylation sites (tertiary alicyclic amines) is 1. The monoisotopic (exact) mass is 396 g/mol. The minimum Gasteiger partial charge on any atom is -0.440 e. The van der Waals surface area contributed by atoms with Gasteiger partial charge in [-0.3, -0.25) is 14.7 Å². The first-order valence-electron chi connectivity index (χ1n) is 8.07. The number of esters is 1. The molecule has 1 saturated heterocycles. The number of rotatable bonds is 3. The number of fused-ring (bicyclic) bond motifs is 1. The Morgan fingerprint density at radius 3 is 2.57 bits per heavy atom. The van der Waals surface area contributed by atoms with Crippen LogP contribution in [0.5, 0.6) is 0 Å². The molecule has 3 amide bonds. The summed E-state index contributed by atoms with van der Waals surface area (Å²) in [5.41, 5.74) is 9.01. The highest BCUT2D eigenvalue weighted by molar-refractivity contribution is 6.02. The first kappa shape index (κ1) is 19.5. The van der Waals surface area contributed by atoms with Gasteiger partial charge in [0.15, 0.2) is 0 Å². The molecule has 2 aromatic rings. The van der Waals surface area contributed by atoms with Crippen LogP contribution in [-0.4, -0.2) is 46.1 Å². The Balaban J connectivity index is 2.06. The average Bonchev–Trinajstić information content (AvgIpc) is 2.97. The molecule has 4 N–H and O–H groups in total. The number of hydrogen-bond acceptors (Lipinski definition) is 6. The van der Waals surface area contributed by atoms with Gasteiger partial charge in [-0.05, 0) is 23.1 Å². The molecule has 0 saturated carbocycles. The van der Waals surface area contributed by atoms with Crippen molar-refractivity contribution in [1.82, 2.24) is 9.88 Å². The molecule has 1 fully saturated rings. The summed E-state index contributed by atoms with van der Waals surface area (Å²) in [6, 6.07) is 3.72. The molecule has 2 atom stereocenters. The van der Waals surface area contributed by atoms with Gasteiger partial charge in [0.2, 0.25) is 5.60 Å². The van der Waals surface area contributed by atoms with Crippen LogP contribution in [0.1, 0.15) is 18.0 Å². The number of carbonyl (C=O) groups is 3. The van der Waals surface area contributed by atoms with Gasteiger partial charge in [-0.25, -0.2) is 9.59 Å². The van der Waals surface area contributed by atoms with E-state index in [2.05, 4.69) is 9.72 Å². The van der Waals surface area contributed by atoms with Crippen LogP contribution >= 0.6 is 0 Å². The number of halogens is 3. The number of nitrogens with two attached hydrogens (primary N) is 2. The maximum absolute atomic E-state index is 12.8. The van der Waals surface area contributed by atoms with Gasteiger partial charge >= 0.3 is 18.2 Å². The van der Waals surface area contributed by atoms with Gasteiger partial charge in [0.1, 0.15) is 0 Å². The smallest absolute Gasteiger partial charge is 0.440 e. The number of ether oxygens (including phenoxy) is 1. The van der Waals surface area contributed by atoms with E-state index in [-0.39, 0.29) is 12.1 Å². The van der Waals surface area contributed by atoms with Crippen molar-refractivity contribution >= 4 is 28.7 Å². The number of alkyl halides is 3. The van der Waals surface area contributed by atoms with Crippen LogP contribution in [0.25, 0.3) is 10.8 Å². The van der Waals surface area contributed by atoms with E-state index >= 15 is 0 Å². The lowest BCUT2D eigenvalue weighted by atomic mass is 9.86. The predicted octanol–water partition coefficient (Wildman–Crippen LogP) is 1.39. The van der Waals surface area contributed by atoms with Crippen molar-refractivity contribution in [3.8, 4) is 0 Å². The van der Waals surface area contributed by atoms with Gasteiger partial charge in [-0.2, -0.15) is 13.2 Å². The summed E-state index contributed by atoms with van der Waals surface area (Å²) in [6.45, 7) is -0.331. The minimum atomic E-state index is -5.35. The largest absolute Gasteiger partial charge is 0.490 e. The number of pyridine rings is 1. The molecule has 1 aliphatic heterocycles. The Morgan fingerprint density at radius 2 is 1.96 bits per heavy atom. The zero-order valence-electron chi connectivity index (χ0n) is 14.3. The first-order valence-corrected chi connectivity index (χ1v) is 8.07. The maximum Gasteiger partial charge on any atom is 0.490 e. The van der Waals surface area contributed by atoms with E-state index in [0.717, 1.165) is 5.39 Å². The lowest BCUT2D eigenvalue weighted by Gasteiger charge is -2.33. The third kappa shape index (κ3) is 3.24. The highest BCUT2D eigenvalue weighted by Crippen LogP contribution is 2.39. The third-order valence-electron chi connectivity index (χ3n) is 4.61. The van der Waals surface area contributed by atoms with Crippen molar-refractivity contribution in [2.45, 2.75) is 24.2 Å². The molecule has 0 spiro atoms. The molecule has 3 rings (SSSR count). The van der Waals surface area contributed by atoms with Crippen LogP contribution in [0.4, 0.5) is 18.0 Å². The van der Waals surface area contributed by atoms with E-state index in [1.807, 2.05) is 0 Å². The number of urea groups is 1. The lowest BCUT2D eigenvalue weighted by molar-refractivity contribution is -0.215. The molecule has 11 heteroatoms. The Kier molecular flexibility index (Phi) is 4.71. The van der Waals surface area contributed by atoms with Crippen LogP contribution in [0, 0.1) is 0 Å². The van der Waals surface area contributed by atoms with Crippen molar-refractivity contribution in [3.05, 3.63) is 42.2 Å². The van der Waals surface area contributed by atoms with Crippen LogP contribution in [0.15, 0.2) is 36.7 Å². The number of nitrogens with zero attached hydrogens (tertiary/aromatic N) is 2. The van der Waals surface area contributed by atoms with Gasteiger partial charge in [-0.15, -0.1) is 0 Å². The second kappa shape index (κ2) is 6.75. The van der Waals surface area contributed by atoms with Gasteiger partial charge in [-0.1, -0.05) is 12.1 Å². The first-order chi connectivity index (χ1) is 13.1. The molecule has 0 aliphatic carbocycles. The Hall–Kier alpha value is -3.21. The number of benzene rings is 1. The molecule has 0 bridgehead atoms. The van der Waals surface area contributed by atoms with E-state index in [1.54, 1.807) is 18.3 Å². The molecule has 2 heterocycles. The molecule has 1 unspecified atom stereocenters. The molecular weight excluding hydrogens is 381 g/mol. The van der Waals surface area contributed by atoms with Crippen molar-refractivity contribution in [3.63, 3.8) is 0 Å². The average molecular weight is 396 g/mol. The summed E-state index contributed by atoms with van der Waals surface area (Å²) in [7, 11) is 0. The highest BCUT2D eigenvalue weighted by atomic mass is 19.4. The van der Waals surface area contributed by atoms with Crippen molar-refractivity contribution in [1.29, 1.82) is 0 Å². The van der Waals surface area contributed by atoms with E-state index in [9.17, 15) is 27.6 Å². The fourth-order valence-electron chi connectivity index (χ4n) is 3.16. The van der Waals surface area contributed by atoms with E-state index < -0.39 is 42.1 Å². The maximum atomic E-state index is 12.8. The number of primary amides is 1. The van der Waals surface area contributed by atoms with Gasteiger partial charge in [0, 0.05) is 30.7 Å². The number of amides is 3. The number of imide groups is 1. The zero-order chi connectivity index (χ0) is 20.7. The topological polar surface area (TPSA) is 129 Å². The van der Waals surface area contributed by atoms with E-state index in [0.29, 0.717) is 10.3 Å². The van der Waals surface area contributed by atoms with Crippen molar-refractivity contribution in [2.24, 2.45) is 11.5 Å². The fourth-order valence-corrected chi connectivity index (χ4v) is 3.16. The summed E-state index contributed by atoms with van der Waals surface area (Å²) in [5.74, 6) is -3.78. The summed E-state index contributed by atoms with van der Waals surface area (Å²) in [4.78, 5) is 40.1. The summed E-state index contributed by atoms with van der Waals surface area (Å²) in [6.07, 6.45) is -2.71. The fraction of sp³-hybridized carbons (Fsp3) is 0.294. The molecule has 1 aromatic carbocycles. The molecule has 148 valence electrons. The summed E-state index contributed by atoms with van der Waals surface area (Å²) in [5, 5.41) is 1.40. The second-order valence-corrected chi connectivity index (χ2v) is 6.28. The number of carbonyl (C=O) groups excluding carboxylic acids is 3. The lowest BCUT2D eigenvalue weighted by Crippen LogP contribution is -2.54. The molecule has 8 nitrogen and oxygen atoms in total.